The number of nitrogens with one attached hydrogen (secondary N) is 1. The van der Waals surface area contributed by atoms with Crippen LogP contribution in [0, 0.1) is 0 Å². The molecule has 0 aliphatic heterocycles. The number of aliphatic hydroxyl groups is 1. The summed E-state index contributed by atoms with van der Waals surface area (Å²) in [5, 5.41) is 15.1. The molecule has 2 aromatic heterocycles. The highest BCUT2D eigenvalue weighted by Gasteiger charge is 2.14. The summed E-state index contributed by atoms with van der Waals surface area (Å²) in [6.07, 6.45) is 4.46. The molecule has 0 saturated heterocycles. The van der Waals surface area contributed by atoms with E-state index in [9.17, 15) is 9.90 Å². The maximum atomic E-state index is 11.7. The fourth-order valence-corrected chi connectivity index (χ4v) is 2.53. The molecule has 0 aromatic carbocycles. The quantitative estimate of drug-likeness (QED) is 0.856. The molecule has 0 bridgehead atoms. The molecule has 1 amide bonds. The first-order chi connectivity index (χ1) is 9.94. The van der Waals surface area contributed by atoms with Gasteiger partial charge in [-0.05, 0) is 32.4 Å². The van der Waals surface area contributed by atoms with Crippen molar-refractivity contribution in [2.75, 3.05) is 6.54 Å². The summed E-state index contributed by atoms with van der Waals surface area (Å²) >= 11 is 1.55. The second kappa shape index (κ2) is 6.78. The molecule has 6 heteroatoms. The first-order valence-electron chi connectivity index (χ1n) is 6.78. The van der Waals surface area contributed by atoms with Gasteiger partial charge in [-0.15, -0.1) is 11.3 Å². The van der Waals surface area contributed by atoms with Crippen molar-refractivity contribution in [3.8, 4) is 10.6 Å². The van der Waals surface area contributed by atoms with Gasteiger partial charge in [-0.3, -0.25) is 9.78 Å². The molecule has 0 atom stereocenters. The monoisotopic (exact) mass is 305 g/mol. The molecule has 21 heavy (non-hydrogen) atoms. The van der Waals surface area contributed by atoms with Crippen LogP contribution in [0.15, 0.2) is 29.9 Å². The third-order valence-electron chi connectivity index (χ3n) is 2.79. The van der Waals surface area contributed by atoms with Gasteiger partial charge in [0.25, 0.3) is 0 Å². The Labute approximate surface area is 128 Å². The third-order valence-corrected chi connectivity index (χ3v) is 3.73. The highest BCUT2D eigenvalue weighted by atomic mass is 32.1. The van der Waals surface area contributed by atoms with Crippen LogP contribution in [-0.4, -0.2) is 33.1 Å². The summed E-state index contributed by atoms with van der Waals surface area (Å²) in [6.45, 7) is 3.58. The molecule has 0 spiro atoms. The molecular weight excluding hydrogens is 286 g/mol. The van der Waals surface area contributed by atoms with E-state index in [1.807, 2.05) is 17.5 Å². The average Bonchev–Trinajstić information content (AvgIpc) is 2.92. The van der Waals surface area contributed by atoms with E-state index >= 15 is 0 Å². The van der Waals surface area contributed by atoms with Crippen LogP contribution in [0.2, 0.25) is 0 Å². The van der Waals surface area contributed by atoms with E-state index in [4.69, 9.17) is 0 Å². The minimum Gasteiger partial charge on any atom is -0.389 e. The van der Waals surface area contributed by atoms with Crippen LogP contribution in [0.3, 0.4) is 0 Å². The van der Waals surface area contributed by atoms with E-state index < -0.39 is 5.60 Å². The van der Waals surface area contributed by atoms with Gasteiger partial charge in [-0.1, -0.05) is 0 Å². The summed E-state index contributed by atoms with van der Waals surface area (Å²) in [5.74, 6) is -0.0759. The number of pyridine rings is 1. The molecule has 0 unspecified atom stereocenters. The largest absolute Gasteiger partial charge is 0.389 e. The molecule has 2 rings (SSSR count). The van der Waals surface area contributed by atoms with Crippen molar-refractivity contribution in [3.63, 3.8) is 0 Å². The Bertz CT molecular complexity index is 590. The first-order valence-corrected chi connectivity index (χ1v) is 7.66. The molecule has 2 heterocycles. The van der Waals surface area contributed by atoms with E-state index in [0.29, 0.717) is 12.8 Å². The fraction of sp³-hybridized carbons (Fsp3) is 0.400. The van der Waals surface area contributed by atoms with E-state index in [-0.39, 0.29) is 12.5 Å². The van der Waals surface area contributed by atoms with Crippen molar-refractivity contribution in [2.24, 2.45) is 0 Å². The Morgan fingerprint density at radius 3 is 2.95 bits per heavy atom. The van der Waals surface area contributed by atoms with Gasteiger partial charge in [0.05, 0.1) is 11.3 Å². The average molecular weight is 305 g/mol. The molecule has 5 nitrogen and oxygen atoms in total. The van der Waals surface area contributed by atoms with Crippen LogP contribution < -0.4 is 5.32 Å². The molecule has 0 aliphatic rings. The number of carbonyl (C=O) groups is 1. The zero-order valence-corrected chi connectivity index (χ0v) is 13.0. The van der Waals surface area contributed by atoms with Crippen molar-refractivity contribution in [2.45, 2.75) is 32.3 Å². The standard InChI is InChI=1S/C15H19N3O2S/c1-15(2,20)10-17-13(19)6-5-12-9-21-14(18-12)11-4-3-7-16-8-11/h3-4,7-9,20H,5-6,10H2,1-2H3,(H,17,19). The third kappa shape index (κ3) is 5.24. The first kappa shape index (κ1) is 15.6. The Morgan fingerprint density at radius 2 is 2.29 bits per heavy atom. The lowest BCUT2D eigenvalue weighted by atomic mass is 10.1. The van der Waals surface area contributed by atoms with Gasteiger partial charge in [-0.2, -0.15) is 0 Å². The van der Waals surface area contributed by atoms with Gasteiger partial charge < -0.3 is 10.4 Å². The van der Waals surface area contributed by atoms with Crippen molar-refractivity contribution in [1.82, 2.24) is 15.3 Å². The second-order valence-corrected chi connectivity index (χ2v) is 6.33. The van der Waals surface area contributed by atoms with Crippen LogP contribution in [0.5, 0.6) is 0 Å². The van der Waals surface area contributed by atoms with Gasteiger partial charge in [0.2, 0.25) is 5.91 Å². The summed E-state index contributed by atoms with van der Waals surface area (Å²) in [5.41, 5.74) is 1.00. The maximum absolute atomic E-state index is 11.7. The molecule has 112 valence electrons. The maximum Gasteiger partial charge on any atom is 0.220 e. The SMILES string of the molecule is CC(C)(O)CNC(=O)CCc1csc(-c2cccnc2)n1. The Kier molecular flexibility index (Phi) is 5.03. The molecule has 2 aromatic rings. The molecule has 2 N–H and O–H groups in total. The molecule has 0 radical (unpaired) electrons. The number of hydrogen-bond donors (Lipinski definition) is 2. The number of thiazole rings is 1. The minimum absolute atomic E-state index is 0.0759. The van der Waals surface area contributed by atoms with Gasteiger partial charge in [0.15, 0.2) is 0 Å². The van der Waals surface area contributed by atoms with Crippen LogP contribution in [-0.2, 0) is 11.2 Å². The summed E-state index contributed by atoms with van der Waals surface area (Å²) in [4.78, 5) is 20.3. The normalized spacial score (nSPS) is 11.4. The molecule has 0 fully saturated rings. The highest BCUT2D eigenvalue weighted by Crippen LogP contribution is 2.23. The van der Waals surface area contributed by atoms with E-state index in [1.54, 1.807) is 37.6 Å². The Morgan fingerprint density at radius 1 is 1.48 bits per heavy atom. The lowest BCUT2D eigenvalue weighted by Crippen LogP contribution is -2.38. The number of amides is 1. The molecule has 0 aliphatic carbocycles. The van der Waals surface area contributed by atoms with Crippen molar-refractivity contribution < 1.29 is 9.90 Å². The van der Waals surface area contributed by atoms with Crippen LogP contribution in [0.25, 0.3) is 10.6 Å². The zero-order valence-electron chi connectivity index (χ0n) is 12.2. The van der Waals surface area contributed by atoms with E-state index in [1.165, 1.54) is 0 Å². The van der Waals surface area contributed by atoms with Crippen molar-refractivity contribution in [3.05, 3.63) is 35.6 Å². The lowest BCUT2D eigenvalue weighted by molar-refractivity contribution is -0.122. The Balaban J connectivity index is 1.85. The van der Waals surface area contributed by atoms with Crippen LogP contribution in [0.1, 0.15) is 26.0 Å². The smallest absolute Gasteiger partial charge is 0.220 e. The number of aryl methyl sites for hydroxylation is 1. The predicted octanol–water partition coefficient (Wildman–Crippen LogP) is 2.02. The number of nitrogens with zero attached hydrogens (tertiary/aromatic N) is 2. The van der Waals surface area contributed by atoms with Gasteiger partial charge >= 0.3 is 0 Å². The minimum atomic E-state index is -0.885. The number of hydrogen-bond acceptors (Lipinski definition) is 5. The van der Waals surface area contributed by atoms with Gasteiger partial charge in [-0.25, -0.2) is 4.98 Å². The van der Waals surface area contributed by atoms with Gasteiger partial charge in [0.1, 0.15) is 5.01 Å². The number of aromatic nitrogens is 2. The van der Waals surface area contributed by atoms with Crippen LogP contribution in [0.4, 0.5) is 0 Å². The fourth-order valence-electron chi connectivity index (χ4n) is 1.69. The van der Waals surface area contributed by atoms with Crippen LogP contribution >= 0.6 is 11.3 Å². The Hall–Kier alpha value is -1.79. The summed E-state index contributed by atoms with van der Waals surface area (Å²) in [6, 6.07) is 3.84. The van der Waals surface area contributed by atoms with E-state index in [2.05, 4.69) is 15.3 Å². The van der Waals surface area contributed by atoms with Crippen molar-refractivity contribution in [1.29, 1.82) is 0 Å². The van der Waals surface area contributed by atoms with Gasteiger partial charge in [0, 0.05) is 36.3 Å². The zero-order chi connectivity index (χ0) is 15.3. The highest BCUT2D eigenvalue weighted by molar-refractivity contribution is 7.13. The topological polar surface area (TPSA) is 75.1 Å². The predicted molar refractivity (Wildman–Crippen MR) is 83.0 cm³/mol. The number of carbonyl (C=O) groups excluding carboxylic acids is 1. The summed E-state index contributed by atoms with van der Waals surface area (Å²) in [7, 11) is 0. The lowest BCUT2D eigenvalue weighted by Gasteiger charge is -2.17. The summed E-state index contributed by atoms with van der Waals surface area (Å²) < 4.78 is 0. The number of rotatable bonds is 6. The van der Waals surface area contributed by atoms with Crippen molar-refractivity contribution >= 4 is 17.2 Å². The second-order valence-electron chi connectivity index (χ2n) is 5.47. The molecular formula is C15H19N3O2S. The van der Waals surface area contributed by atoms with E-state index in [0.717, 1.165) is 16.3 Å². The molecule has 0 saturated carbocycles.